The number of halogens is 1. The minimum atomic E-state index is -3.57. The van der Waals surface area contributed by atoms with Crippen molar-refractivity contribution in [2.75, 3.05) is 23.7 Å². The molecule has 0 aliphatic heterocycles. The van der Waals surface area contributed by atoms with Gasteiger partial charge in [0.05, 0.1) is 11.9 Å². The monoisotopic (exact) mass is 408 g/mol. The van der Waals surface area contributed by atoms with Gasteiger partial charge in [-0.2, -0.15) is 0 Å². The minimum absolute atomic E-state index is 0.232. The second-order valence-electron chi connectivity index (χ2n) is 6.64. The van der Waals surface area contributed by atoms with Crippen molar-refractivity contribution in [3.8, 4) is 0 Å². The summed E-state index contributed by atoms with van der Waals surface area (Å²) in [5.74, 6) is -0.322. The van der Waals surface area contributed by atoms with Crippen LogP contribution in [-0.2, 0) is 21.2 Å². The first kappa shape index (κ1) is 21.3. The van der Waals surface area contributed by atoms with E-state index in [-0.39, 0.29) is 12.5 Å². The lowest BCUT2D eigenvalue weighted by molar-refractivity contribution is -0.119. The number of hydrogen-bond acceptors (Lipinski definition) is 3. The number of hydrogen-bond donors (Lipinski definition) is 1. The molecule has 5 nitrogen and oxygen atoms in total. The van der Waals surface area contributed by atoms with Gasteiger partial charge in [0.15, 0.2) is 0 Å². The van der Waals surface area contributed by atoms with Gasteiger partial charge in [0, 0.05) is 11.6 Å². The van der Waals surface area contributed by atoms with Crippen LogP contribution in [0.4, 0.5) is 5.69 Å². The van der Waals surface area contributed by atoms with Crippen LogP contribution in [0.25, 0.3) is 0 Å². The van der Waals surface area contributed by atoms with Crippen molar-refractivity contribution >= 4 is 33.2 Å². The molecular weight excluding hydrogens is 384 g/mol. The molecule has 27 heavy (non-hydrogen) atoms. The molecule has 0 spiro atoms. The summed E-state index contributed by atoms with van der Waals surface area (Å²) in [6.07, 6.45) is 2.68. The summed E-state index contributed by atoms with van der Waals surface area (Å²) < 4.78 is 25.6. The number of nitrogens with one attached hydrogen (secondary N) is 1. The van der Waals surface area contributed by atoms with Crippen molar-refractivity contribution in [2.24, 2.45) is 0 Å². The molecule has 0 aliphatic carbocycles. The highest BCUT2D eigenvalue weighted by Crippen LogP contribution is 2.23. The maximum atomic E-state index is 12.3. The van der Waals surface area contributed by atoms with Crippen LogP contribution in [0, 0.1) is 13.8 Å². The molecule has 0 aromatic heterocycles. The minimum Gasteiger partial charge on any atom is -0.355 e. The summed E-state index contributed by atoms with van der Waals surface area (Å²) in [4.78, 5) is 12.3. The molecular formula is C20H25ClN2O3S. The Morgan fingerprint density at radius 2 is 1.78 bits per heavy atom. The number of aryl methyl sites for hydroxylation is 3. The molecule has 0 aliphatic rings. The lowest BCUT2D eigenvalue weighted by Crippen LogP contribution is -2.41. The molecule has 0 atom stereocenters. The number of carbonyl (C=O) groups excluding carboxylic acids is 1. The molecule has 0 saturated carbocycles. The van der Waals surface area contributed by atoms with E-state index in [1.54, 1.807) is 6.07 Å². The Labute approximate surface area is 166 Å². The fourth-order valence-electron chi connectivity index (χ4n) is 2.73. The molecule has 0 saturated heterocycles. The van der Waals surface area contributed by atoms with E-state index in [1.807, 2.05) is 50.2 Å². The summed E-state index contributed by atoms with van der Waals surface area (Å²) in [7, 11) is -3.57. The summed E-state index contributed by atoms with van der Waals surface area (Å²) >= 11 is 5.86. The standard InChI is InChI=1S/C20H25ClN2O3S/c1-15-6-7-16(2)19(13-15)23(27(3,25)26)14-20(24)22-12-4-5-17-8-10-18(21)11-9-17/h6-11,13H,4-5,12,14H2,1-3H3,(H,22,24). The van der Waals surface area contributed by atoms with Crippen molar-refractivity contribution in [1.82, 2.24) is 5.32 Å². The van der Waals surface area contributed by atoms with E-state index < -0.39 is 10.0 Å². The van der Waals surface area contributed by atoms with Gasteiger partial charge in [0.2, 0.25) is 15.9 Å². The highest BCUT2D eigenvalue weighted by atomic mass is 35.5. The van der Waals surface area contributed by atoms with Crippen LogP contribution in [0.5, 0.6) is 0 Å². The van der Waals surface area contributed by atoms with Crippen LogP contribution in [0.1, 0.15) is 23.1 Å². The molecule has 2 rings (SSSR count). The van der Waals surface area contributed by atoms with Crippen LogP contribution < -0.4 is 9.62 Å². The topological polar surface area (TPSA) is 66.5 Å². The fraction of sp³-hybridized carbons (Fsp3) is 0.350. The Balaban J connectivity index is 1.94. The second-order valence-corrected chi connectivity index (χ2v) is 8.98. The Hall–Kier alpha value is -2.05. The Kier molecular flexibility index (Phi) is 7.27. The lowest BCUT2D eigenvalue weighted by atomic mass is 10.1. The van der Waals surface area contributed by atoms with Crippen LogP contribution in [0.3, 0.4) is 0 Å². The first-order valence-corrected chi connectivity index (χ1v) is 11.0. The molecule has 1 N–H and O–H groups in total. The largest absolute Gasteiger partial charge is 0.355 e. The lowest BCUT2D eigenvalue weighted by Gasteiger charge is -2.24. The number of nitrogens with zero attached hydrogens (tertiary/aromatic N) is 1. The second kappa shape index (κ2) is 9.24. The van der Waals surface area contributed by atoms with Crippen molar-refractivity contribution < 1.29 is 13.2 Å². The Bertz CT molecular complexity index is 896. The highest BCUT2D eigenvalue weighted by Gasteiger charge is 2.22. The number of rotatable bonds is 8. The quantitative estimate of drug-likeness (QED) is 0.680. The molecule has 0 heterocycles. The Morgan fingerprint density at radius 1 is 1.11 bits per heavy atom. The Morgan fingerprint density at radius 3 is 2.41 bits per heavy atom. The molecule has 7 heteroatoms. The third kappa shape index (κ3) is 6.56. The van der Waals surface area contributed by atoms with E-state index in [0.717, 1.165) is 40.1 Å². The summed E-state index contributed by atoms with van der Waals surface area (Å²) in [6.45, 7) is 3.97. The number of sulfonamides is 1. The summed E-state index contributed by atoms with van der Waals surface area (Å²) in [6, 6.07) is 13.1. The van der Waals surface area contributed by atoms with Crippen LogP contribution >= 0.6 is 11.6 Å². The van der Waals surface area contributed by atoms with Gasteiger partial charge in [-0.05, 0) is 61.6 Å². The maximum Gasteiger partial charge on any atom is 0.240 e. The SMILES string of the molecule is Cc1ccc(C)c(N(CC(=O)NCCCc2ccc(Cl)cc2)S(C)(=O)=O)c1. The zero-order valence-electron chi connectivity index (χ0n) is 15.8. The van der Waals surface area contributed by atoms with Gasteiger partial charge >= 0.3 is 0 Å². The number of benzene rings is 2. The molecule has 2 aromatic rings. The van der Waals surface area contributed by atoms with Crippen molar-refractivity contribution in [1.29, 1.82) is 0 Å². The molecule has 146 valence electrons. The van der Waals surface area contributed by atoms with E-state index >= 15 is 0 Å². The van der Waals surface area contributed by atoms with Gasteiger partial charge < -0.3 is 5.32 Å². The van der Waals surface area contributed by atoms with Gasteiger partial charge in [-0.15, -0.1) is 0 Å². The van der Waals surface area contributed by atoms with E-state index in [2.05, 4.69) is 5.32 Å². The van der Waals surface area contributed by atoms with Crippen LogP contribution in [0.15, 0.2) is 42.5 Å². The maximum absolute atomic E-state index is 12.3. The number of amides is 1. The van der Waals surface area contributed by atoms with Gasteiger partial charge in [0.1, 0.15) is 6.54 Å². The third-order valence-corrected chi connectivity index (χ3v) is 5.58. The summed E-state index contributed by atoms with van der Waals surface area (Å²) in [5, 5.41) is 3.49. The van der Waals surface area contributed by atoms with Gasteiger partial charge in [-0.25, -0.2) is 8.42 Å². The zero-order valence-corrected chi connectivity index (χ0v) is 17.4. The molecule has 0 bridgehead atoms. The summed E-state index contributed by atoms with van der Waals surface area (Å²) in [5.41, 5.74) is 3.42. The molecule has 0 unspecified atom stereocenters. The van der Waals surface area contributed by atoms with Crippen molar-refractivity contribution in [3.05, 3.63) is 64.2 Å². The van der Waals surface area contributed by atoms with E-state index in [9.17, 15) is 13.2 Å². The predicted octanol–water partition coefficient (Wildman–Crippen LogP) is 3.47. The first-order chi connectivity index (χ1) is 12.7. The third-order valence-electron chi connectivity index (χ3n) is 4.20. The predicted molar refractivity (Wildman–Crippen MR) is 111 cm³/mol. The van der Waals surface area contributed by atoms with Crippen molar-refractivity contribution in [3.63, 3.8) is 0 Å². The average molecular weight is 409 g/mol. The normalized spacial score (nSPS) is 11.3. The van der Waals surface area contributed by atoms with E-state index in [1.165, 1.54) is 0 Å². The fourth-order valence-corrected chi connectivity index (χ4v) is 3.76. The van der Waals surface area contributed by atoms with Gasteiger partial charge in [0.25, 0.3) is 0 Å². The van der Waals surface area contributed by atoms with Crippen LogP contribution in [0.2, 0.25) is 5.02 Å². The smallest absolute Gasteiger partial charge is 0.240 e. The highest BCUT2D eigenvalue weighted by molar-refractivity contribution is 7.92. The first-order valence-electron chi connectivity index (χ1n) is 8.73. The van der Waals surface area contributed by atoms with Crippen molar-refractivity contribution in [2.45, 2.75) is 26.7 Å². The molecule has 0 fully saturated rings. The van der Waals surface area contributed by atoms with Gasteiger partial charge in [-0.3, -0.25) is 9.10 Å². The zero-order chi connectivity index (χ0) is 20.0. The molecule has 1 amide bonds. The number of carbonyl (C=O) groups is 1. The van der Waals surface area contributed by atoms with E-state index in [4.69, 9.17) is 11.6 Å². The van der Waals surface area contributed by atoms with Crippen LogP contribution in [-0.4, -0.2) is 33.7 Å². The van der Waals surface area contributed by atoms with Gasteiger partial charge in [-0.1, -0.05) is 35.9 Å². The van der Waals surface area contributed by atoms with E-state index in [0.29, 0.717) is 17.3 Å². The molecule has 2 aromatic carbocycles. The number of anilines is 1. The molecule has 0 radical (unpaired) electrons. The average Bonchev–Trinajstić information content (AvgIpc) is 2.59.